The minimum Gasteiger partial charge on any atom is -0.405 e. The van der Waals surface area contributed by atoms with Gasteiger partial charge in [-0.15, -0.1) is 13.2 Å². The summed E-state index contributed by atoms with van der Waals surface area (Å²) in [7, 11) is 0. The van der Waals surface area contributed by atoms with Crippen molar-refractivity contribution in [3.8, 4) is 5.75 Å². The molecule has 0 radical (unpaired) electrons. The monoisotopic (exact) mass is 271 g/mol. The van der Waals surface area contributed by atoms with Gasteiger partial charge in [0.1, 0.15) is 5.75 Å². The Morgan fingerprint density at radius 3 is 2.32 bits per heavy atom. The van der Waals surface area contributed by atoms with E-state index in [0.29, 0.717) is 22.0 Å². The maximum absolute atomic E-state index is 12.2. The quantitative estimate of drug-likeness (QED) is 0.766. The van der Waals surface area contributed by atoms with E-state index < -0.39 is 6.36 Å². The van der Waals surface area contributed by atoms with E-state index in [2.05, 4.69) is 4.74 Å². The molecule has 0 aliphatic carbocycles. The average Bonchev–Trinajstić information content (AvgIpc) is 2.28. The van der Waals surface area contributed by atoms with Crippen molar-refractivity contribution in [1.29, 1.82) is 0 Å². The number of ether oxygens (including phenoxy) is 1. The number of hydrogen-bond donors (Lipinski definition) is 1. The molecular formula is C14H16F3NO. The summed E-state index contributed by atoms with van der Waals surface area (Å²) in [4.78, 5) is 0. The third-order valence-electron chi connectivity index (χ3n) is 2.38. The van der Waals surface area contributed by atoms with E-state index in [4.69, 9.17) is 5.73 Å². The van der Waals surface area contributed by atoms with E-state index in [0.717, 1.165) is 0 Å². The molecule has 0 atom stereocenters. The predicted octanol–water partition coefficient (Wildman–Crippen LogP) is 4.66. The number of aryl methyl sites for hydroxylation is 1. The Bertz CT molecular complexity index is 564. The molecule has 2 aromatic carbocycles. The molecule has 0 aliphatic rings. The van der Waals surface area contributed by atoms with Crippen molar-refractivity contribution in [2.75, 3.05) is 5.73 Å². The number of benzene rings is 2. The summed E-state index contributed by atoms with van der Waals surface area (Å²) in [6.07, 6.45) is -4.69. The van der Waals surface area contributed by atoms with E-state index in [1.807, 2.05) is 13.8 Å². The average molecular weight is 271 g/mol. The van der Waals surface area contributed by atoms with Crippen LogP contribution in [0.5, 0.6) is 5.75 Å². The molecule has 0 amide bonds. The van der Waals surface area contributed by atoms with Crippen molar-refractivity contribution in [3.05, 3.63) is 35.9 Å². The fourth-order valence-corrected chi connectivity index (χ4v) is 1.84. The Balaban J connectivity index is 0.000000861. The van der Waals surface area contributed by atoms with Crippen molar-refractivity contribution in [2.24, 2.45) is 0 Å². The lowest BCUT2D eigenvalue weighted by Crippen LogP contribution is -2.17. The van der Waals surface area contributed by atoms with Gasteiger partial charge < -0.3 is 10.5 Å². The number of anilines is 1. The minimum atomic E-state index is -4.69. The molecule has 0 bridgehead atoms. The van der Waals surface area contributed by atoms with Crippen LogP contribution in [0.3, 0.4) is 0 Å². The molecule has 2 rings (SSSR count). The Kier molecular flexibility index (Phi) is 4.64. The molecule has 104 valence electrons. The van der Waals surface area contributed by atoms with Gasteiger partial charge in [-0.05, 0) is 36.1 Å². The highest BCUT2D eigenvalue weighted by Gasteiger charge is 2.31. The number of nitrogens with two attached hydrogens (primary N) is 1. The zero-order valence-corrected chi connectivity index (χ0v) is 11.0. The lowest BCUT2D eigenvalue weighted by Gasteiger charge is -2.13. The Morgan fingerprint density at radius 2 is 1.74 bits per heavy atom. The number of nitrogen functional groups attached to an aromatic ring is 1. The molecule has 19 heavy (non-hydrogen) atoms. The van der Waals surface area contributed by atoms with Gasteiger partial charge in [-0.2, -0.15) is 0 Å². The van der Waals surface area contributed by atoms with Crippen LogP contribution in [0.4, 0.5) is 18.9 Å². The topological polar surface area (TPSA) is 35.2 Å². The lowest BCUT2D eigenvalue weighted by molar-refractivity contribution is -0.274. The van der Waals surface area contributed by atoms with Gasteiger partial charge in [-0.25, -0.2) is 0 Å². The van der Waals surface area contributed by atoms with Crippen LogP contribution < -0.4 is 10.5 Å². The van der Waals surface area contributed by atoms with E-state index in [1.165, 1.54) is 12.1 Å². The summed E-state index contributed by atoms with van der Waals surface area (Å²) >= 11 is 0. The molecule has 0 spiro atoms. The smallest absolute Gasteiger partial charge is 0.405 e. The summed E-state index contributed by atoms with van der Waals surface area (Å²) < 4.78 is 40.7. The molecule has 2 nitrogen and oxygen atoms in total. The number of fused-ring (bicyclic) bond motifs is 1. The van der Waals surface area contributed by atoms with Crippen molar-refractivity contribution in [2.45, 2.75) is 27.1 Å². The van der Waals surface area contributed by atoms with Gasteiger partial charge in [0.05, 0.1) is 0 Å². The first-order chi connectivity index (χ1) is 8.87. The Hall–Kier alpha value is -1.91. The number of rotatable bonds is 1. The van der Waals surface area contributed by atoms with Gasteiger partial charge in [0.2, 0.25) is 0 Å². The first kappa shape index (κ1) is 15.1. The van der Waals surface area contributed by atoms with Crippen LogP contribution >= 0.6 is 0 Å². The normalized spacial score (nSPS) is 10.8. The highest BCUT2D eigenvalue weighted by molar-refractivity contribution is 5.93. The second-order valence-electron chi connectivity index (χ2n) is 3.74. The molecule has 0 saturated carbocycles. The zero-order valence-electron chi connectivity index (χ0n) is 11.0. The number of alkyl halides is 3. The molecule has 5 heteroatoms. The second-order valence-corrected chi connectivity index (χ2v) is 3.74. The Morgan fingerprint density at radius 1 is 1.11 bits per heavy atom. The van der Waals surface area contributed by atoms with Crippen molar-refractivity contribution >= 4 is 16.5 Å². The molecule has 0 fully saturated rings. The van der Waals surface area contributed by atoms with Crippen molar-refractivity contribution in [3.63, 3.8) is 0 Å². The fraction of sp³-hybridized carbons (Fsp3) is 0.286. The lowest BCUT2D eigenvalue weighted by atomic mass is 10.0. The molecule has 0 unspecified atom stereocenters. The van der Waals surface area contributed by atoms with Crippen LogP contribution in [0, 0.1) is 6.92 Å². The SMILES string of the molecule is CC.Cc1cc(N)cc2cccc(OC(F)(F)F)c12. The van der Waals surface area contributed by atoms with Crippen molar-refractivity contribution in [1.82, 2.24) is 0 Å². The van der Waals surface area contributed by atoms with Gasteiger partial charge in [0.15, 0.2) is 0 Å². The van der Waals surface area contributed by atoms with E-state index in [9.17, 15) is 13.2 Å². The fourth-order valence-electron chi connectivity index (χ4n) is 1.84. The van der Waals surface area contributed by atoms with Crippen LogP contribution in [0.1, 0.15) is 19.4 Å². The standard InChI is InChI=1S/C12H10F3NO.C2H6/c1-7-5-9(16)6-8-3-2-4-10(11(7)8)17-12(13,14)15;1-2/h2-6H,16H2,1H3;1-2H3. The molecular weight excluding hydrogens is 255 g/mol. The molecule has 0 saturated heterocycles. The highest BCUT2D eigenvalue weighted by atomic mass is 19.4. The first-order valence-electron chi connectivity index (χ1n) is 5.91. The van der Waals surface area contributed by atoms with E-state index in [1.54, 1.807) is 25.1 Å². The van der Waals surface area contributed by atoms with Gasteiger partial charge in [0, 0.05) is 11.1 Å². The maximum Gasteiger partial charge on any atom is 0.573 e. The van der Waals surface area contributed by atoms with Crippen LogP contribution in [-0.4, -0.2) is 6.36 Å². The Labute approximate surface area is 110 Å². The summed E-state index contributed by atoms with van der Waals surface area (Å²) in [6.45, 7) is 5.70. The molecule has 0 aromatic heterocycles. The van der Waals surface area contributed by atoms with Crippen LogP contribution in [-0.2, 0) is 0 Å². The summed E-state index contributed by atoms with van der Waals surface area (Å²) in [5.74, 6) is -0.201. The van der Waals surface area contributed by atoms with Gasteiger partial charge >= 0.3 is 6.36 Å². The predicted molar refractivity (Wildman–Crippen MR) is 71.1 cm³/mol. The van der Waals surface area contributed by atoms with Crippen LogP contribution in [0.25, 0.3) is 10.8 Å². The van der Waals surface area contributed by atoms with Crippen molar-refractivity contribution < 1.29 is 17.9 Å². The molecule has 0 heterocycles. The third-order valence-corrected chi connectivity index (χ3v) is 2.38. The van der Waals surface area contributed by atoms with E-state index in [-0.39, 0.29) is 5.75 Å². The first-order valence-corrected chi connectivity index (χ1v) is 5.91. The minimum absolute atomic E-state index is 0.201. The number of halogens is 3. The van der Waals surface area contributed by atoms with Crippen LogP contribution in [0.2, 0.25) is 0 Å². The van der Waals surface area contributed by atoms with Gasteiger partial charge in [0.25, 0.3) is 0 Å². The maximum atomic E-state index is 12.2. The van der Waals surface area contributed by atoms with Crippen LogP contribution in [0.15, 0.2) is 30.3 Å². The van der Waals surface area contributed by atoms with Gasteiger partial charge in [-0.1, -0.05) is 26.0 Å². The van der Waals surface area contributed by atoms with E-state index >= 15 is 0 Å². The highest BCUT2D eigenvalue weighted by Crippen LogP contribution is 2.33. The largest absolute Gasteiger partial charge is 0.573 e. The molecule has 2 aromatic rings. The molecule has 0 aliphatic heterocycles. The second kappa shape index (κ2) is 5.82. The summed E-state index contributed by atoms with van der Waals surface area (Å²) in [5.41, 5.74) is 6.80. The summed E-state index contributed by atoms with van der Waals surface area (Å²) in [6, 6.07) is 7.72. The molecule has 2 N–H and O–H groups in total. The third kappa shape index (κ3) is 3.77. The summed E-state index contributed by atoms with van der Waals surface area (Å²) in [5, 5.41) is 1.06. The van der Waals surface area contributed by atoms with Gasteiger partial charge in [-0.3, -0.25) is 0 Å². The zero-order chi connectivity index (χ0) is 14.6. The number of hydrogen-bond acceptors (Lipinski definition) is 2.